The largest absolute Gasteiger partial charge is 0.454 e. The van der Waals surface area contributed by atoms with E-state index in [1.165, 1.54) is 16.7 Å². The third-order valence-corrected chi connectivity index (χ3v) is 4.27. The van der Waals surface area contributed by atoms with Crippen molar-refractivity contribution < 1.29 is 9.47 Å². The van der Waals surface area contributed by atoms with Crippen LogP contribution in [-0.4, -0.2) is 13.3 Å². The van der Waals surface area contributed by atoms with Crippen molar-refractivity contribution in [1.29, 1.82) is 0 Å². The van der Waals surface area contributed by atoms with Gasteiger partial charge in [-0.1, -0.05) is 45.8 Å². The van der Waals surface area contributed by atoms with Crippen molar-refractivity contribution in [3.05, 3.63) is 57.6 Å². The molecule has 2 aromatic carbocycles. The van der Waals surface area contributed by atoms with Gasteiger partial charge in [-0.3, -0.25) is 0 Å². The molecule has 0 saturated carbocycles. The molecule has 1 N–H and O–H groups in total. The molecule has 0 radical (unpaired) electrons. The third kappa shape index (κ3) is 3.57. The highest BCUT2D eigenvalue weighted by Crippen LogP contribution is 2.36. The van der Waals surface area contributed by atoms with Crippen molar-refractivity contribution in [2.24, 2.45) is 0 Å². The van der Waals surface area contributed by atoms with Crippen LogP contribution in [0.15, 0.2) is 40.9 Å². The maximum atomic E-state index is 5.41. The molecule has 2 aromatic rings. The first-order chi connectivity index (χ1) is 10.2. The first-order valence-electron chi connectivity index (χ1n) is 7.06. The van der Waals surface area contributed by atoms with Gasteiger partial charge in [-0.25, -0.2) is 0 Å². The van der Waals surface area contributed by atoms with Crippen LogP contribution in [0, 0.1) is 6.92 Å². The van der Waals surface area contributed by atoms with Crippen LogP contribution < -0.4 is 14.8 Å². The summed E-state index contributed by atoms with van der Waals surface area (Å²) >= 11 is 3.58. The number of nitrogens with one attached hydrogen (secondary N) is 1. The second kappa shape index (κ2) is 6.50. The molecule has 110 valence electrons. The second-order valence-electron chi connectivity index (χ2n) is 5.21. The van der Waals surface area contributed by atoms with Crippen molar-refractivity contribution >= 4 is 15.9 Å². The maximum absolute atomic E-state index is 5.41. The van der Waals surface area contributed by atoms with Crippen molar-refractivity contribution in [3.63, 3.8) is 0 Å². The van der Waals surface area contributed by atoms with Crippen LogP contribution in [0.3, 0.4) is 0 Å². The topological polar surface area (TPSA) is 30.5 Å². The van der Waals surface area contributed by atoms with Crippen LogP contribution in [-0.2, 0) is 13.0 Å². The Morgan fingerprint density at radius 1 is 1.14 bits per heavy atom. The number of rotatable bonds is 5. The summed E-state index contributed by atoms with van der Waals surface area (Å²) in [6.45, 7) is 4.19. The fourth-order valence-electron chi connectivity index (χ4n) is 2.42. The zero-order valence-corrected chi connectivity index (χ0v) is 13.6. The van der Waals surface area contributed by atoms with Gasteiger partial charge in [0.15, 0.2) is 11.5 Å². The Morgan fingerprint density at radius 3 is 2.76 bits per heavy atom. The fraction of sp³-hybridized carbons (Fsp3) is 0.294. The second-order valence-corrected chi connectivity index (χ2v) is 6.07. The first-order valence-corrected chi connectivity index (χ1v) is 7.86. The Labute approximate surface area is 133 Å². The molecule has 1 heterocycles. The van der Waals surface area contributed by atoms with E-state index < -0.39 is 0 Å². The molecule has 4 heteroatoms. The van der Waals surface area contributed by atoms with E-state index in [1.54, 1.807) is 0 Å². The van der Waals surface area contributed by atoms with Gasteiger partial charge in [0, 0.05) is 11.0 Å². The van der Waals surface area contributed by atoms with E-state index in [4.69, 9.17) is 9.47 Å². The van der Waals surface area contributed by atoms with Gasteiger partial charge in [-0.05, 0) is 43.1 Å². The molecular formula is C17H18BrNO2. The molecule has 3 rings (SSSR count). The molecule has 0 atom stereocenters. The minimum absolute atomic E-state index is 0.312. The average molecular weight is 348 g/mol. The summed E-state index contributed by atoms with van der Waals surface area (Å²) in [6.07, 6.45) is 1.03. The van der Waals surface area contributed by atoms with E-state index in [0.717, 1.165) is 35.5 Å². The molecule has 1 aliphatic rings. The van der Waals surface area contributed by atoms with Gasteiger partial charge in [-0.15, -0.1) is 0 Å². The number of hydrogen-bond donors (Lipinski definition) is 1. The standard InChI is InChI=1S/C17H18BrNO2/c1-12-3-2-4-13(7-12)5-6-19-10-14-8-16-17(9-15(14)18)21-11-20-16/h2-4,7-9,19H,5-6,10-11H2,1H3. The Morgan fingerprint density at radius 2 is 1.95 bits per heavy atom. The Kier molecular flexibility index (Phi) is 4.46. The smallest absolute Gasteiger partial charge is 0.231 e. The lowest BCUT2D eigenvalue weighted by molar-refractivity contribution is 0.174. The van der Waals surface area contributed by atoms with Crippen LogP contribution in [0.5, 0.6) is 11.5 Å². The quantitative estimate of drug-likeness (QED) is 0.834. The van der Waals surface area contributed by atoms with Crippen LogP contribution in [0.25, 0.3) is 0 Å². The maximum Gasteiger partial charge on any atom is 0.231 e. The molecule has 0 bridgehead atoms. The van der Waals surface area contributed by atoms with E-state index in [2.05, 4.69) is 52.4 Å². The van der Waals surface area contributed by atoms with E-state index in [9.17, 15) is 0 Å². The van der Waals surface area contributed by atoms with E-state index in [0.29, 0.717) is 6.79 Å². The molecule has 0 fully saturated rings. The van der Waals surface area contributed by atoms with E-state index in [1.807, 2.05) is 12.1 Å². The van der Waals surface area contributed by atoms with Crippen molar-refractivity contribution in [1.82, 2.24) is 5.32 Å². The lowest BCUT2D eigenvalue weighted by Crippen LogP contribution is -2.17. The highest BCUT2D eigenvalue weighted by atomic mass is 79.9. The average Bonchev–Trinajstić information content (AvgIpc) is 2.90. The number of hydrogen-bond acceptors (Lipinski definition) is 3. The van der Waals surface area contributed by atoms with Crippen LogP contribution in [0.2, 0.25) is 0 Å². The van der Waals surface area contributed by atoms with Gasteiger partial charge >= 0.3 is 0 Å². The summed E-state index contributed by atoms with van der Waals surface area (Å²) in [7, 11) is 0. The van der Waals surface area contributed by atoms with Gasteiger partial charge < -0.3 is 14.8 Å². The highest BCUT2D eigenvalue weighted by Gasteiger charge is 2.15. The summed E-state index contributed by atoms with van der Waals surface area (Å²) in [5.41, 5.74) is 3.86. The Balaban J connectivity index is 1.54. The summed E-state index contributed by atoms with van der Waals surface area (Å²) in [5.74, 6) is 1.64. The van der Waals surface area contributed by atoms with Crippen LogP contribution in [0.1, 0.15) is 16.7 Å². The first kappa shape index (κ1) is 14.4. The molecule has 21 heavy (non-hydrogen) atoms. The molecule has 0 unspecified atom stereocenters. The van der Waals surface area contributed by atoms with Gasteiger partial charge in [0.25, 0.3) is 0 Å². The lowest BCUT2D eigenvalue weighted by atomic mass is 10.1. The lowest BCUT2D eigenvalue weighted by Gasteiger charge is -2.08. The minimum Gasteiger partial charge on any atom is -0.454 e. The molecule has 0 saturated heterocycles. The number of fused-ring (bicyclic) bond motifs is 1. The number of halogens is 1. The number of aryl methyl sites for hydroxylation is 1. The fourth-order valence-corrected chi connectivity index (χ4v) is 2.88. The molecule has 0 aromatic heterocycles. The van der Waals surface area contributed by atoms with E-state index in [-0.39, 0.29) is 0 Å². The molecule has 1 aliphatic heterocycles. The highest BCUT2D eigenvalue weighted by molar-refractivity contribution is 9.10. The summed E-state index contributed by atoms with van der Waals surface area (Å²) in [6, 6.07) is 12.6. The molecule has 0 spiro atoms. The number of ether oxygens (including phenoxy) is 2. The summed E-state index contributed by atoms with van der Waals surface area (Å²) < 4.78 is 11.8. The molecule has 0 aliphatic carbocycles. The van der Waals surface area contributed by atoms with Crippen LogP contribution >= 0.6 is 15.9 Å². The van der Waals surface area contributed by atoms with Gasteiger partial charge in [-0.2, -0.15) is 0 Å². The SMILES string of the molecule is Cc1cccc(CCNCc2cc3c(cc2Br)OCO3)c1. The molecule has 3 nitrogen and oxygen atoms in total. The Bertz CT molecular complexity index is 643. The van der Waals surface area contributed by atoms with Gasteiger partial charge in [0.1, 0.15) is 0 Å². The zero-order chi connectivity index (χ0) is 14.7. The molecule has 0 amide bonds. The summed E-state index contributed by atoms with van der Waals surface area (Å²) in [5, 5.41) is 3.48. The predicted octanol–water partition coefficient (Wildman–Crippen LogP) is 3.82. The molecular weight excluding hydrogens is 330 g/mol. The monoisotopic (exact) mass is 347 g/mol. The van der Waals surface area contributed by atoms with Crippen molar-refractivity contribution in [2.75, 3.05) is 13.3 Å². The zero-order valence-electron chi connectivity index (χ0n) is 12.0. The minimum atomic E-state index is 0.312. The van der Waals surface area contributed by atoms with Crippen molar-refractivity contribution in [2.45, 2.75) is 19.9 Å². The normalized spacial score (nSPS) is 12.7. The Hall–Kier alpha value is -1.52. The summed E-state index contributed by atoms with van der Waals surface area (Å²) in [4.78, 5) is 0. The van der Waals surface area contributed by atoms with Crippen molar-refractivity contribution in [3.8, 4) is 11.5 Å². The number of benzene rings is 2. The van der Waals surface area contributed by atoms with Crippen LogP contribution in [0.4, 0.5) is 0 Å². The third-order valence-electron chi connectivity index (χ3n) is 3.53. The van der Waals surface area contributed by atoms with E-state index >= 15 is 0 Å². The predicted molar refractivity (Wildman–Crippen MR) is 86.9 cm³/mol. The van der Waals surface area contributed by atoms with Gasteiger partial charge in [0.05, 0.1) is 0 Å². The van der Waals surface area contributed by atoms with Gasteiger partial charge in [0.2, 0.25) is 6.79 Å².